The Morgan fingerprint density at radius 3 is 2.95 bits per heavy atom. The molecular formula is C13H11ClN4OS2. The quantitative estimate of drug-likeness (QED) is 0.763. The molecule has 0 saturated carbocycles. The summed E-state index contributed by atoms with van der Waals surface area (Å²) in [4.78, 5) is 20.7. The van der Waals surface area contributed by atoms with Crippen LogP contribution in [0, 0.1) is 0 Å². The molecule has 3 rings (SSSR count). The van der Waals surface area contributed by atoms with Crippen molar-refractivity contribution in [3.8, 4) is 0 Å². The zero-order valence-corrected chi connectivity index (χ0v) is 13.4. The van der Waals surface area contributed by atoms with Crippen LogP contribution in [0.25, 0.3) is 10.2 Å². The molecule has 0 fully saturated rings. The molecule has 1 unspecified atom stereocenters. The van der Waals surface area contributed by atoms with Crippen LogP contribution in [0.3, 0.4) is 0 Å². The van der Waals surface area contributed by atoms with Gasteiger partial charge in [-0.05, 0) is 25.1 Å². The molecule has 21 heavy (non-hydrogen) atoms. The second-order valence-corrected chi connectivity index (χ2v) is 6.80. The lowest BCUT2D eigenvalue weighted by molar-refractivity contribution is 0.102. The Labute approximate surface area is 133 Å². The fraction of sp³-hybridized carbons (Fsp3) is 0.154. The number of benzene rings is 1. The van der Waals surface area contributed by atoms with E-state index in [1.807, 2.05) is 19.1 Å². The highest BCUT2D eigenvalue weighted by Gasteiger charge is 2.14. The normalized spacial score (nSPS) is 12.5. The molecule has 1 aromatic carbocycles. The minimum atomic E-state index is -0.289. The minimum Gasteiger partial charge on any atom is -0.322 e. The summed E-state index contributed by atoms with van der Waals surface area (Å²) in [6.45, 7) is 1.83. The molecule has 0 bridgehead atoms. The summed E-state index contributed by atoms with van der Waals surface area (Å²) in [6, 6.07) is 5.23. The number of rotatable bonds is 3. The molecular weight excluding hydrogens is 328 g/mol. The van der Waals surface area contributed by atoms with E-state index in [-0.39, 0.29) is 11.9 Å². The molecule has 8 heteroatoms. The van der Waals surface area contributed by atoms with Crippen LogP contribution in [0.4, 0.5) is 5.13 Å². The predicted octanol–water partition coefficient (Wildman–Crippen LogP) is 3.68. The lowest BCUT2D eigenvalue weighted by Gasteiger charge is -1.98. The molecule has 0 aliphatic rings. The highest BCUT2D eigenvalue weighted by Crippen LogP contribution is 2.28. The summed E-state index contributed by atoms with van der Waals surface area (Å²) in [5.74, 6) is -0.289. The summed E-state index contributed by atoms with van der Waals surface area (Å²) >= 11 is 8.68. The van der Waals surface area contributed by atoms with E-state index >= 15 is 0 Å². The van der Waals surface area contributed by atoms with Crippen molar-refractivity contribution in [1.82, 2.24) is 9.97 Å². The number of thiazole rings is 2. The Kier molecular flexibility index (Phi) is 3.90. The molecule has 0 saturated heterocycles. The standard InChI is InChI=1S/C13H11ClN4OS2/c1-6(15)12-16-9(5-20-12)11(19)18-13-17-8-3-2-7(14)4-10(8)21-13/h2-6H,15H2,1H3,(H,17,18,19). The third-order valence-corrected chi connectivity index (χ3v) is 4.93. The maximum atomic E-state index is 12.1. The third kappa shape index (κ3) is 3.06. The van der Waals surface area contributed by atoms with E-state index in [0.29, 0.717) is 15.8 Å². The molecule has 1 atom stereocenters. The topological polar surface area (TPSA) is 80.9 Å². The summed E-state index contributed by atoms with van der Waals surface area (Å²) < 4.78 is 0.923. The van der Waals surface area contributed by atoms with Crippen molar-refractivity contribution in [2.24, 2.45) is 5.73 Å². The molecule has 0 radical (unpaired) electrons. The van der Waals surface area contributed by atoms with Crippen LogP contribution in [0.15, 0.2) is 23.6 Å². The first-order chi connectivity index (χ1) is 10.0. The van der Waals surface area contributed by atoms with Crippen LogP contribution in [0.2, 0.25) is 5.02 Å². The van der Waals surface area contributed by atoms with Crippen molar-refractivity contribution in [2.75, 3.05) is 5.32 Å². The Bertz CT molecular complexity index is 811. The first-order valence-corrected chi connectivity index (χ1v) is 8.19. The van der Waals surface area contributed by atoms with Gasteiger partial charge in [0, 0.05) is 10.4 Å². The first kappa shape index (κ1) is 14.4. The first-order valence-electron chi connectivity index (χ1n) is 6.11. The molecule has 0 aliphatic carbocycles. The van der Waals surface area contributed by atoms with Gasteiger partial charge in [0.15, 0.2) is 5.13 Å². The number of aromatic nitrogens is 2. The Morgan fingerprint density at radius 2 is 2.24 bits per heavy atom. The van der Waals surface area contributed by atoms with Gasteiger partial charge < -0.3 is 5.73 Å². The van der Waals surface area contributed by atoms with E-state index in [1.54, 1.807) is 11.4 Å². The lowest BCUT2D eigenvalue weighted by atomic mass is 10.3. The monoisotopic (exact) mass is 338 g/mol. The van der Waals surface area contributed by atoms with Crippen molar-refractivity contribution in [3.63, 3.8) is 0 Å². The number of nitrogens with one attached hydrogen (secondary N) is 1. The molecule has 2 heterocycles. The summed E-state index contributed by atoms with van der Waals surface area (Å²) in [6.07, 6.45) is 0. The number of anilines is 1. The number of nitrogens with zero attached hydrogens (tertiary/aromatic N) is 2. The van der Waals surface area contributed by atoms with E-state index in [9.17, 15) is 4.79 Å². The van der Waals surface area contributed by atoms with E-state index < -0.39 is 0 Å². The second kappa shape index (κ2) is 5.69. The smallest absolute Gasteiger partial charge is 0.276 e. The SMILES string of the molecule is CC(N)c1nc(C(=O)Nc2nc3ccc(Cl)cc3s2)cs1. The highest BCUT2D eigenvalue weighted by molar-refractivity contribution is 7.22. The molecule has 1 amide bonds. The molecule has 108 valence electrons. The number of amides is 1. The number of carbonyl (C=O) groups excluding carboxylic acids is 1. The van der Waals surface area contributed by atoms with Crippen LogP contribution in [-0.2, 0) is 0 Å². The van der Waals surface area contributed by atoms with Crippen molar-refractivity contribution in [1.29, 1.82) is 0 Å². The minimum absolute atomic E-state index is 0.179. The number of hydrogen-bond donors (Lipinski definition) is 2. The fourth-order valence-corrected chi connectivity index (χ4v) is 3.61. The third-order valence-electron chi connectivity index (χ3n) is 2.72. The van der Waals surface area contributed by atoms with E-state index in [1.165, 1.54) is 22.7 Å². The van der Waals surface area contributed by atoms with Gasteiger partial charge >= 0.3 is 0 Å². The van der Waals surface area contributed by atoms with Crippen LogP contribution in [0.1, 0.15) is 28.5 Å². The Hall–Kier alpha value is -1.54. The molecule has 0 aliphatic heterocycles. The number of halogens is 1. The highest BCUT2D eigenvalue weighted by atomic mass is 35.5. The summed E-state index contributed by atoms with van der Waals surface area (Å²) in [5.41, 5.74) is 6.89. The average Bonchev–Trinajstić information content (AvgIpc) is 3.03. The molecule has 3 N–H and O–H groups in total. The van der Waals surface area contributed by atoms with Crippen LogP contribution >= 0.6 is 34.3 Å². The van der Waals surface area contributed by atoms with Gasteiger partial charge in [-0.25, -0.2) is 9.97 Å². The molecule has 2 aromatic heterocycles. The molecule has 0 spiro atoms. The number of fused-ring (bicyclic) bond motifs is 1. The fourth-order valence-electron chi connectivity index (χ4n) is 1.71. The average molecular weight is 339 g/mol. The lowest BCUT2D eigenvalue weighted by Crippen LogP contribution is -2.13. The van der Waals surface area contributed by atoms with Crippen LogP contribution in [-0.4, -0.2) is 15.9 Å². The summed E-state index contributed by atoms with van der Waals surface area (Å²) in [7, 11) is 0. The predicted molar refractivity (Wildman–Crippen MR) is 87.3 cm³/mol. The van der Waals surface area contributed by atoms with Gasteiger partial charge in [-0.3, -0.25) is 10.1 Å². The number of hydrogen-bond acceptors (Lipinski definition) is 6. The van der Waals surface area contributed by atoms with Gasteiger partial charge in [-0.15, -0.1) is 11.3 Å². The van der Waals surface area contributed by atoms with E-state index in [2.05, 4.69) is 15.3 Å². The molecule has 5 nitrogen and oxygen atoms in total. The van der Waals surface area contributed by atoms with Crippen molar-refractivity contribution in [3.05, 3.63) is 39.3 Å². The Balaban J connectivity index is 1.81. The van der Waals surface area contributed by atoms with Crippen molar-refractivity contribution in [2.45, 2.75) is 13.0 Å². The second-order valence-electron chi connectivity index (χ2n) is 4.44. The van der Waals surface area contributed by atoms with E-state index in [4.69, 9.17) is 17.3 Å². The largest absolute Gasteiger partial charge is 0.322 e. The summed E-state index contributed by atoms with van der Waals surface area (Å²) in [5, 5.41) is 6.34. The van der Waals surface area contributed by atoms with E-state index in [0.717, 1.165) is 15.2 Å². The molecule has 3 aromatic rings. The van der Waals surface area contributed by atoms with Crippen LogP contribution in [0.5, 0.6) is 0 Å². The van der Waals surface area contributed by atoms with Gasteiger partial charge in [0.1, 0.15) is 10.7 Å². The number of carbonyl (C=O) groups is 1. The van der Waals surface area contributed by atoms with Gasteiger partial charge in [0.05, 0.1) is 16.3 Å². The Morgan fingerprint density at radius 1 is 1.43 bits per heavy atom. The van der Waals surface area contributed by atoms with Crippen molar-refractivity contribution >= 4 is 55.5 Å². The van der Waals surface area contributed by atoms with Gasteiger partial charge in [-0.2, -0.15) is 0 Å². The maximum Gasteiger partial charge on any atom is 0.276 e. The zero-order chi connectivity index (χ0) is 15.0. The van der Waals surface area contributed by atoms with Gasteiger partial charge in [0.25, 0.3) is 5.91 Å². The van der Waals surface area contributed by atoms with Gasteiger partial charge in [-0.1, -0.05) is 22.9 Å². The zero-order valence-electron chi connectivity index (χ0n) is 11.0. The maximum absolute atomic E-state index is 12.1. The van der Waals surface area contributed by atoms with Gasteiger partial charge in [0.2, 0.25) is 0 Å². The van der Waals surface area contributed by atoms with Crippen LogP contribution < -0.4 is 11.1 Å². The van der Waals surface area contributed by atoms with Crippen molar-refractivity contribution < 1.29 is 4.79 Å². The number of nitrogens with two attached hydrogens (primary N) is 1.